The summed E-state index contributed by atoms with van der Waals surface area (Å²) in [7, 11) is 0. The molecule has 1 rings (SSSR count). The molecule has 0 spiro atoms. The molecule has 0 aromatic rings. The van der Waals surface area contributed by atoms with Crippen LogP contribution < -0.4 is 16.0 Å². The van der Waals surface area contributed by atoms with Gasteiger partial charge < -0.3 is 16.0 Å². The molecule has 5 heteroatoms. The van der Waals surface area contributed by atoms with Gasteiger partial charge in [-0.1, -0.05) is 6.92 Å². The number of nitrogens with one attached hydrogen (secondary N) is 3. The van der Waals surface area contributed by atoms with Gasteiger partial charge in [-0.15, -0.1) is 0 Å². The zero-order valence-corrected chi connectivity index (χ0v) is 11.1. The Bertz CT molecular complexity index is 293. The first-order valence-corrected chi connectivity index (χ1v) is 6.09. The van der Waals surface area contributed by atoms with Crippen molar-refractivity contribution in [3.8, 4) is 0 Å². The second-order valence-corrected chi connectivity index (χ2v) is 5.72. The first kappa shape index (κ1) is 14.0. The largest absolute Gasteiger partial charge is 0.350 e. The van der Waals surface area contributed by atoms with Gasteiger partial charge in [-0.25, -0.2) is 0 Å². The number of hydrogen-bond acceptors (Lipinski definition) is 3. The number of carbonyl (C=O) groups is 2. The molecule has 0 aromatic carbocycles. The molecule has 1 unspecified atom stereocenters. The summed E-state index contributed by atoms with van der Waals surface area (Å²) in [5.41, 5.74) is -0.259. The molecule has 3 N–H and O–H groups in total. The van der Waals surface area contributed by atoms with Gasteiger partial charge in [0.2, 0.25) is 11.8 Å². The van der Waals surface area contributed by atoms with Crippen LogP contribution in [0.3, 0.4) is 0 Å². The highest BCUT2D eigenvalue weighted by Crippen LogP contribution is 2.15. The SMILES string of the molecule is CC(C(=O)NCC(=O)NC(C)(C)C)C1CNC1. The molecule has 98 valence electrons. The van der Waals surface area contributed by atoms with E-state index in [0.717, 1.165) is 13.1 Å². The van der Waals surface area contributed by atoms with E-state index >= 15 is 0 Å². The lowest BCUT2D eigenvalue weighted by Crippen LogP contribution is -2.51. The van der Waals surface area contributed by atoms with E-state index in [1.54, 1.807) is 0 Å². The maximum absolute atomic E-state index is 11.7. The monoisotopic (exact) mass is 241 g/mol. The average molecular weight is 241 g/mol. The van der Waals surface area contributed by atoms with Gasteiger partial charge in [0, 0.05) is 11.5 Å². The molecular formula is C12H23N3O2. The van der Waals surface area contributed by atoms with Gasteiger partial charge in [-0.2, -0.15) is 0 Å². The second kappa shape index (κ2) is 5.49. The topological polar surface area (TPSA) is 70.2 Å². The smallest absolute Gasteiger partial charge is 0.239 e. The fourth-order valence-corrected chi connectivity index (χ4v) is 1.67. The third-order valence-corrected chi connectivity index (χ3v) is 2.87. The second-order valence-electron chi connectivity index (χ2n) is 5.72. The zero-order chi connectivity index (χ0) is 13.1. The minimum absolute atomic E-state index is 0.0290. The van der Waals surface area contributed by atoms with Gasteiger partial charge >= 0.3 is 0 Å². The van der Waals surface area contributed by atoms with Crippen molar-refractivity contribution in [3.63, 3.8) is 0 Å². The molecular weight excluding hydrogens is 218 g/mol. The van der Waals surface area contributed by atoms with E-state index in [1.807, 2.05) is 27.7 Å². The van der Waals surface area contributed by atoms with Crippen molar-refractivity contribution in [1.82, 2.24) is 16.0 Å². The van der Waals surface area contributed by atoms with Crippen molar-refractivity contribution in [2.45, 2.75) is 33.2 Å². The Kier molecular flexibility index (Phi) is 4.51. The van der Waals surface area contributed by atoms with Gasteiger partial charge in [0.25, 0.3) is 0 Å². The molecule has 5 nitrogen and oxygen atoms in total. The summed E-state index contributed by atoms with van der Waals surface area (Å²) in [6.45, 7) is 9.48. The highest BCUT2D eigenvalue weighted by Gasteiger charge is 2.28. The Morgan fingerprint density at radius 1 is 1.35 bits per heavy atom. The molecule has 1 heterocycles. The van der Waals surface area contributed by atoms with E-state index in [0.29, 0.717) is 5.92 Å². The molecule has 1 fully saturated rings. The maximum Gasteiger partial charge on any atom is 0.239 e. The number of amides is 2. The van der Waals surface area contributed by atoms with Crippen molar-refractivity contribution >= 4 is 11.8 Å². The van der Waals surface area contributed by atoms with Crippen LogP contribution in [0.15, 0.2) is 0 Å². The minimum Gasteiger partial charge on any atom is -0.350 e. The van der Waals surface area contributed by atoms with Crippen LogP contribution in [0.4, 0.5) is 0 Å². The lowest BCUT2D eigenvalue weighted by molar-refractivity contribution is -0.130. The molecule has 1 atom stereocenters. The molecule has 17 heavy (non-hydrogen) atoms. The van der Waals surface area contributed by atoms with Crippen LogP contribution in [0.25, 0.3) is 0 Å². The highest BCUT2D eigenvalue weighted by atomic mass is 16.2. The van der Waals surface area contributed by atoms with Crippen molar-refractivity contribution in [2.75, 3.05) is 19.6 Å². The quantitative estimate of drug-likeness (QED) is 0.642. The number of rotatable bonds is 4. The predicted molar refractivity (Wildman–Crippen MR) is 66.4 cm³/mol. The Labute approximate surface area is 103 Å². The van der Waals surface area contributed by atoms with E-state index in [2.05, 4.69) is 16.0 Å². The molecule has 0 aliphatic carbocycles. The molecule has 2 amide bonds. The average Bonchev–Trinajstić information content (AvgIpc) is 2.08. The summed E-state index contributed by atoms with van der Waals surface area (Å²) in [6, 6.07) is 0. The van der Waals surface area contributed by atoms with Crippen molar-refractivity contribution in [3.05, 3.63) is 0 Å². The van der Waals surface area contributed by atoms with Crippen molar-refractivity contribution in [2.24, 2.45) is 11.8 Å². The summed E-state index contributed by atoms with van der Waals surface area (Å²) in [5.74, 6) is 0.185. The lowest BCUT2D eigenvalue weighted by Gasteiger charge is -2.31. The Balaban J connectivity index is 2.25. The van der Waals surface area contributed by atoms with E-state index in [1.165, 1.54) is 0 Å². The van der Waals surface area contributed by atoms with Gasteiger partial charge in [0.05, 0.1) is 6.54 Å². The molecule has 1 saturated heterocycles. The summed E-state index contributed by atoms with van der Waals surface area (Å²) in [5, 5.41) is 8.61. The molecule has 0 bridgehead atoms. The lowest BCUT2D eigenvalue weighted by atomic mass is 9.88. The number of hydrogen-bond donors (Lipinski definition) is 3. The van der Waals surface area contributed by atoms with Crippen LogP contribution in [0.2, 0.25) is 0 Å². The summed E-state index contributed by atoms with van der Waals surface area (Å²) < 4.78 is 0. The third-order valence-electron chi connectivity index (χ3n) is 2.87. The summed E-state index contributed by atoms with van der Waals surface area (Å²) >= 11 is 0. The van der Waals surface area contributed by atoms with E-state index in [-0.39, 0.29) is 29.8 Å². The van der Waals surface area contributed by atoms with Crippen LogP contribution in [-0.4, -0.2) is 37.0 Å². The minimum atomic E-state index is -0.259. The fraction of sp³-hybridized carbons (Fsp3) is 0.833. The Hall–Kier alpha value is -1.10. The summed E-state index contributed by atoms with van der Waals surface area (Å²) in [4.78, 5) is 23.2. The number of carbonyl (C=O) groups excluding carboxylic acids is 2. The molecule has 0 saturated carbocycles. The van der Waals surface area contributed by atoms with Crippen LogP contribution in [0, 0.1) is 11.8 Å². The molecule has 0 aromatic heterocycles. The first-order chi connectivity index (χ1) is 7.79. The third kappa shape index (κ3) is 4.73. The van der Waals surface area contributed by atoms with Gasteiger partial charge in [-0.05, 0) is 39.8 Å². The first-order valence-electron chi connectivity index (χ1n) is 6.09. The molecule has 1 aliphatic heterocycles. The Morgan fingerprint density at radius 3 is 2.35 bits per heavy atom. The van der Waals surface area contributed by atoms with E-state index < -0.39 is 0 Å². The normalized spacial score (nSPS) is 18.1. The van der Waals surface area contributed by atoms with Crippen molar-refractivity contribution in [1.29, 1.82) is 0 Å². The predicted octanol–water partition coefficient (Wildman–Crippen LogP) is -0.127. The summed E-state index contributed by atoms with van der Waals surface area (Å²) in [6.07, 6.45) is 0. The zero-order valence-electron chi connectivity index (χ0n) is 11.1. The molecule has 1 aliphatic rings. The highest BCUT2D eigenvalue weighted by molar-refractivity contribution is 5.86. The van der Waals surface area contributed by atoms with Crippen LogP contribution >= 0.6 is 0 Å². The maximum atomic E-state index is 11.7. The fourth-order valence-electron chi connectivity index (χ4n) is 1.67. The van der Waals surface area contributed by atoms with Gasteiger partial charge in [0.15, 0.2) is 0 Å². The van der Waals surface area contributed by atoms with Crippen LogP contribution in [-0.2, 0) is 9.59 Å². The van der Waals surface area contributed by atoms with Gasteiger partial charge in [0.1, 0.15) is 0 Å². The van der Waals surface area contributed by atoms with Crippen LogP contribution in [0.5, 0.6) is 0 Å². The van der Waals surface area contributed by atoms with Gasteiger partial charge in [-0.3, -0.25) is 9.59 Å². The van der Waals surface area contributed by atoms with E-state index in [4.69, 9.17) is 0 Å². The van der Waals surface area contributed by atoms with E-state index in [9.17, 15) is 9.59 Å². The standard InChI is InChI=1S/C12H23N3O2/c1-8(9-5-13-6-9)11(17)14-7-10(16)15-12(2,3)4/h8-9,13H,5-7H2,1-4H3,(H,14,17)(H,15,16). The molecule has 0 radical (unpaired) electrons. The van der Waals surface area contributed by atoms with Crippen LogP contribution in [0.1, 0.15) is 27.7 Å². The van der Waals surface area contributed by atoms with Crippen molar-refractivity contribution < 1.29 is 9.59 Å². The Morgan fingerprint density at radius 2 is 1.94 bits per heavy atom.